The molecule has 0 heterocycles. The SMILES string of the molecule is CCCCCC/C(=N\OC(C)=O)C(=O)c1ccc(N(c2ccc(CC)cc2)c2ccc(C(=O)C(CO)(OC)c3ccccc3)cc2)cc1. The predicted molar refractivity (Wildman–Crippen MR) is 189 cm³/mol. The number of aliphatic hydroxyl groups excluding tert-OH is 1. The highest BCUT2D eigenvalue weighted by Crippen LogP contribution is 2.36. The van der Waals surface area contributed by atoms with Gasteiger partial charge in [0.1, 0.15) is 5.71 Å². The van der Waals surface area contributed by atoms with Crippen LogP contribution in [0.3, 0.4) is 0 Å². The summed E-state index contributed by atoms with van der Waals surface area (Å²) in [7, 11) is 1.42. The van der Waals surface area contributed by atoms with Crippen LogP contribution in [-0.2, 0) is 26.4 Å². The van der Waals surface area contributed by atoms with E-state index in [0.717, 1.165) is 49.2 Å². The van der Waals surface area contributed by atoms with Crippen LogP contribution < -0.4 is 4.90 Å². The molecule has 0 spiro atoms. The number of carbonyl (C=O) groups excluding carboxylic acids is 3. The second kappa shape index (κ2) is 17.3. The molecule has 0 aromatic heterocycles. The van der Waals surface area contributed by atoms with E-state index in [2.05, 4.69) is 31.1 Å². The van der Waals surface area contributed by atoms with E-state index in [1.165, 1.54) is 19.6 Å². The molecule has 0 fully saturated rings. The molecule has 1 N–H and O–H groups in total. The second-order valence-electron chi connectivity index (χ2n) is 11.6. The Morgan fingerprint density at radius 1 is 0.750 bits per heavy atom. The fourth-order valence-corrected chi connectivity index (χ4v) is 5.57. The van der Waals surface area contributed by atoms with Gasteiger partial charge in [0.25, 0.3) is 0 Å². The molecule has 0 aliphatic carbocycles. The van der Waals surface area contributed by atoms with E-state index in [0.29, 0.717) is 23.1 Å². The highest BCUT2D eigenvalue weighted by molar-refractivity contribution is 6.45. The first-order valence-electron chi connectivity index (χ1n) is 16.4. The predicted octanol–water partition coefficient (Wildman–Crippen LogP) is 8.51. The number of ketones is 2. The number of Topliss-reactive ketones (excluding diaryl/α,β-unsaturated/α-hetero) is 2. The zero-order valence-corrected chi connectivity index (χ0v) is 28.1. The number of nitrogens with zero attached hydrogens (tertiary/aromatic N) is 2. The standard InChI is InChI=1S/C40H44N2O6/c1-5-7-8-12-15-37(41-48-29(3)44)38(45)31-18-24-35(25-19-31)42(34-22-16-30(6-2)17-23-34)36-26-20-32(21-27-36)39(46)40(28-43,47-4)33-13-10-9-11-14-33/h9-11,13-14,16-27,43H,5-8,12,15,28H2,1-4H3/b41-37+. The van der Waals surface area contributed by atoms with Gasteiger partial charge in [-0.2, -0.15) is 0 Å². The number of aliphatic hydroxyl groups is 1. The van der Waals surface area contributed by atoms with E-state index in [1.54, 1.807) is 48.5 Å². The van der Waals surface area contributed by atoms with Crippen LogP contribution in [0, 0.1) is 0 Å². The van der Waals surface area contributed by atoms with Gasteiger partial charge in [0.15, 0.2) is 5.60 Å². The lowest BCUT2D eigenvalue weighted by Crippen LogP contribution is -2.41. The molecule has 1 unspecified atom stereocenters. The maximum atomic E-state index is 13.8. The molecule has 0 aliphatic heterocycles. The van der Waals surface area contributed by atoms with Crippen molar-refractivity contribution >= 4 is 40.3 Å². The molecule has 48 heavy (non-hydrogen) atoms. The number of methoxy groups -OCH3 is 1. The first kappa shape index (κ1) is 35.9. The number of hydrogen-bond acceptors (Lipinski definition) is 8. The summed E-state index contributed by atoms with van der Waals surface area (Å²) in [5, 5.41) is 14.2. The van der Waals surface area contributed by atoms with Crippen molar-refractivity contribution in [1.29, 1.82) is 0 Å². The van der Waals surface area contributed by atoms with Gasteiger partial charge >= 0.3 is 5.97 Å². The van der Waals surface area contributed by atoms with Crippen molar-refractivity contribution in [2.24, 2.45) is 5.16 Å². The lowest BCUT2D eigenvalue weighted by molar-refractivity contribution is -0.140. The lowest BCUT2D eigenvalue weighted by Gasteiger charge is -2.30. The average Bonchev–Trinajstić information content (AvgIpc) is 3.13. The van der Waals surface area contributed by atoms with Crippen LogP contribution >= 0.6 is 0 Å². The smallest absolute Gasteiger partial charge is 0.331 e. The molecule has 0 aliphatic rings. The Labute approximate surface area is 283 Å². The number of oxime groups is 1. The summed E-state index contributed by atoms with van der Waals surface area (Å²) >= 11 is 0. The number of ether oxygens (including phenoxy) is 1. The molecule has 4 aromatic rings. The van der Waals surface area contributed by atoms with Gasteiger partial charge in [-0.25, -0.2) is 4.79 Å². The van der Waals surface area contributed by atoms with Crippen LogP contribution in [-0.4, -0.2) is 42.1 Å². The molecule has 4 rings (SSSR count). The number of anilines is 3. The average molecular weight is 649 g/mol. The number of benzene rings is 4. The summed E-state index contributed by atoms with van der Waals surface area (Å²) in [4.78, 5) is 45.6. The van der Waals surface area contributed by atoms with Crippen LogP contribution in [0.4, 0.5) is 17.1 Å². The normalized spacial score (nSPS) is 12.6. The summed E-state index contributed by atoms with van der Waals surface area (Å²) in [5.41, 5.74) is 3.74. The van der Waals surface area contributed by atoms with E-state index >= 15 is 0 Å². The van der Waals surface area contributed by atoms with Gasteiger partial charge in [0.05, 0.1) is 6.61 Å². The van der Waals surface area contributed by atoms with E-state index in [4.69, 9.17) is 9.57 Å². The molecule has 250 valence electrons. The Morgan fingerprint density at radius 3 is 1.81 bits per heavy atom. The van der Waals surface area contributed by atoms with Crippen LogP contribution in [0.2, 0.25) is 0 Å². The minimum absolute atomic E-state index is 0.215. The van der Waals surface area contributed by atoms with Crippen LogP contribution in [0.15, 0.2) is 108 Å². The Kier molecular flexibility index (Phi) is 12.9. The monoisotopic (exact) mass is 648 g/mol. The minimum Gasteiger partial charge on any atom is -0.392 e. The van der Waals surface area contributed by atoms with Gasteiger partial charge < -0.3 is 19.6 Å². The number of unbranched alkanes of at least 4 members (excludes halogenated alkanes) is 3. The topological polar surface area (TPSA) is 106 Å². The van der Waals surface area contributed by atoms with Gasteiger partial charge in [-0.15, -0.1) is 0 Å². The van der Waals surface area contributed by atoms with E-state index in [9.17, 15) is 19.5 Å². The first-order chi connectivity index (χ1) is 23.3. The van der Waals surface area contributed by atoms with Crippen molar-refractivity contribution in [3.8, 4) is 0 Å². The third-order valence-electron chi connectivity index (χ3n) is 8.37. The van der Waals surface area contributed by atoms with Crippen molar-refractivity contribution in [2.75, 3.05) is 18.6 Å². The fourth-order valence-electron chi connectivity index (χ4n) is 5.57. The van der Waals surface area contributed by atoms with E-state index in [-0.39, 0.29) is 17.3 Å². The number of carbonyl (C=O) groups is 3. The molecule has 0 saturated carbocycles. The van der Waals surface area contributed by atoms with E-state index < -0.39 is 18.2 Å². The summed E-state index contributed by atoms with van der Waals surface area (Å²) in [6, 6.07) is 31.5. The van der Waals surface area contributed by atoms with Crippen molar-refractivity contribution in [1.82, 2.24) is 0 Å². The third kappa shape index (κ3) is 8.51. The van der Waals surface area contributed by atoms with Gasteiger partial charge in [-0.1, -0.05) is 80.7 Å². The van der Waals surface area contributed by atoms with Gasteiger partial charge in [0.2, 0.25) is 11.6 Å². The Morgan fingerprint density at radius 2 is 1.31 bits per heavy atom. The molecule has 8 heteroatoms. The van der Waals surface area contributed by atoms with Crippen LogP contribution in [0.25, 0.3) is 0 Å². The zero-order chi connectivity index (χ0) is 34.5. The number of aryl methyl sites for hydroxylation is 1. The number of rotatable bonds is 17. The second-order valence-corrected chi connectivity index (χ2v) is 11.6. The molecule has 0 bridgehead atoms. The summed E-state index contributed by atoms with van der Waals surface area (Å²) in [6.45, 7) is 4.96. The fraction of sp³-hybridized carbons (Fsp3) is 0.300. The molecule has 0 saturated heterocycles. The maximum absolute atomic E-state index is 13.8. The molecule has 0 amide bonds. The summed E-state index contributed by atoms with van der Waals surface area (Å²) in [6.07, 6.45) is 5.16. The summed E-state index contributed by atoms with van der Waals surface area (Å²) < 4.78 is 5.66. The number of hydrogen-bond donors (Lipinski definition) is 1. The maximum Gasteiger partial charge on any atom is 0.331 e. The molecule has 0 radical (unpaired) electrons. The van der Waals surface area contributed by atoms with Gasteiger partial charge in [-0.3, -0.25) is 9.59 Å². The zero-order valence-electron chi connectivity index (χ0n) is 28.1. The summed E-state index contributed by atoms with van der Waals surface area (Å²) in [5.74, 6) is -1.22. The van der Waals surface area contributed by atoms with Crippen molar-refractivity contribution in [2.45, 2.75) is 64.9 Å². The van der Waals surface area contributed by atoms with Crippen molar-refractivity contribution in [3.63, 3.8) is 0 Å². The first-order valence-corrected chi connectivity index (χ1v) is 16.4. The Bertz CT molecular complexity index is 1680. The van der Waals surface area contributed by atoms with E-state index in [1.807, 2.05) is 47.4 Å². The largest absolute Gasteiger partial charge is 0.392 e. The molecule has 8 nitrogen and oxygen atoms in total. The Hall–Kier alpha value is -4.92. The minimum atomic E-state index is -1.53. The van der Waals surface area contributed by atoms with Crippen LogP contribution in [0.5, 0.6) is 0 Å². The highest BCUT2D eigenvalue weighted by atomic mass is 16.7. The quantitative estimate of drug-likeness (QED) is 0.0402. The van der Waals surface area contributed by atoms with Gasteiger partial charge in [-0.05, 0) is 91.1 Å². The van der Waals surface area contributed by atoms with Crippen molar-refractivity contribution < 1.29 is 29.1 Å². The molecular weight excluding hydrogens is 604 g/mol. The van der Waals surface area contributed by atoms with Crippen LogP contribution in [0.1, 0.15) is 84.7 Å². The third-order valence-corrected chi connectivity index (χ3v) is 8.37. The van der Waals surface area contributed by atoms with Crippen molar-refractivity contribution in [3.05, 3.63) is 125 Å². The molecule has 4 aromatic carbocycles. The van der Waals surface area contributed by atoms with Gasteiger partial charge in [0, 0.05) is 42.2 Å². The Balaban J connectivity index is 1.67. The highest BCUT2D eigenvalue weighted by Gasteiger charge is 2.40. The lowest BCUT2D eigenvalue weighted by atomic mass is 9.86. The molecule has 1 atom stereocenters. The molecular formula is C40H44N2O6.